The maximum absolute atomic E-state index is 4.83. The second-order valence-corrected chi connectivity index (χ2v) is 14.7. The van der Waals surface area contributed by atoms with Crippen molar-refractivity contribution < 1.29 is 11.2 Å². The second kappa shape index (κ2) is 11.5. The van der Waals surface area contributed by atoms with Gasteiger partial charge in [0.25, 0.3) is 0 Å². The van der Waals surface area contributed by atoms with Crippen LogP contribution in [-0.4, -0.2) is 6.16 Å². The Morgan fingerprint density at radius 3 is 1.11 bits per heavy atom. The van der Waals surface area contributed by atoms with Crippen molar-refractivity contribution in [3.63, 3.8) is 0 Å². The molecule has 149 valence electrons. The molecule has 0 radical (unpaired) electrons. The quantitative estimate of drug-likeness (QED) is 0.276. The number of hydrogen-bond donors (Lipinski definition) is 0. The van der Waals surface area contributed by atoms with Crippen LogP contribution in [-0.2, 0) is 11.2 Å². The van der Waals surface area contributed by atoms with Crippen LogP contribution >= 0.6 is 37.6 Å². The van der Waals surface area contributed by atoms with Crippen LogP contribution in [0.5, 0.6) is 0 Å². The molecule has 0 N–H and O–H groups in total. The van der Waals surface area contributed by atoms with Crippen molar-refractivity contribution >= 4 is 53.5 Å². The number of hydrogen-bond acceptors (Lipinski definition) is 0. The molecule has 0 aliphatic carbocycles. The molecule has 0 heterocycles. The number of rotatable bonds is 5. The molecule has 0 saturated carbocycles. The van der Waals surface area contributed by atoms with Crippen molar-refractivity contribution in [2.75, 3.05) is 6.16 Å². The predicted octanol–water partition coefficient (Wildman–Crippen LogP) is 6.70. The molecule has 0 nitrogen and oxygen atoms in total. The monoisotopic (exact) mass is 487 g/mol. The summed E-state index contributed by atoms with van der Waals surface area (Å²) in [6, 6.07) is 33.3. The molecule has 0 aliphatic rings. The van der Waals surface area contributed by atoms with Gasteiger partial charge in [-0.2, -0.15) is 0 Å². The Kier molecular flexibility index (Phi) is 9.67. The fourth-order valence-corrected chi connectivity index (χ4v) is 8.02. The van der Waals surface area contributed by atoms with Crippen LogP contribution in [0.25, 0.3) is 0 Å². The van der Waals surface area contributed by atoms with E-state index < -0.39 is 18.4 Å². The van der Waals surface area contributed by atoms with Gasteiger partial charge in [-0.25, -0.2) is 0 Å². The summed E-state index contributed by atoms with van der Waals surface area (Å²) in [5.74, 6) is 0.643. The van der Waals surface area contributed by atoms with Gasteiger partial charge in [-0.1, -0.05) is 68.4 Å². The van der Waals surface area contributed by atoms with Gasteiger partial charge < -0.3 is 0 Å². The summed E-state index contributed by atoms with van der Waals surface area (Å²) in [4.78, 5) is 0. The predicted molar refractivity (Wildman–Crippen MR) is 122 cm³/mol. The fourth-order valence-electron chi connectivity index (χ4n) is 3.36. The molecule has 0 bridgehead atoms. The summed E-state index contributed by atoms with van der Waals surface area (Å²) in [6.45, 7) is 4.67. The van der Waals surface area contributed by atoms with Crippen LogP contribution in [0, 0.1) is 5.92 Å². The van der Waals surface area contributed by atoms with Crippen LogP contribution in [0.15, 0.2) is 91.0 Å². The van der Waals surface area contributed by atoms with Crippen LogP contribution in [0.4, 0.5) is 0 Å². The molecule has 3 aromatic carbocycles. The summed E-state index contributed by atoms with van der Waals surface area (Å²) in [7, 11) is 12.9. The van der Waals surface area contributed by atoms with Crippen LogP contribution in [0.2, 0.25) is 0 Å². The topological polar surface area (TPSA) is 0 Å². The van der Waals surface area contributed by atoms with E-state index in [1.54, 1.807) is 0 Å². The molecule has 5 heteroatoms. The average Bonchev–Trinajstić information content (AvgIpc) is 2.67. The molecule has 0 fully saturated rings. The van der Waals surface area contributed by atoms with E-state index in [0.717, 1.165) is 0 Å². The summed E-state index contributed by atoms with van der Waals surface area (Å²) in [5.41, 5.74) is 0. The Morgan fingerprint density at radius 1 is 0.630 bits per heavy atom. The van der Waals surface area contributed by atoms with E-state index in [-0.39, 0.29) is 0 Å². The molecule has 0 aromatic heterocycles. The summed E-state index contributed by atoms with van der Waals surface area (Å²) in [5, 5.41) is 4.43. The first-order valence-electron chi connectivity index (χ1n) is 8.62. The number of benzene rings is 3. The first-order valence-corrected chi connectivity index (χ1v) is 14.5. The zero-order valence-electron chi connectivity index (χ0n) is 15.3. The normalized spacial score (nSPS) is 11.6. The molecular weight excluding hydrogens is 465 g/mol. The van der Waals surface area contributed by atoms with Gasteiger partial charge in [0.05, 0.1) is 6.16 Å². The molecule has 0 spiro atoms. The zero-order chi connectivity index (χ0) is 19.7. The Balaban J connectivity index is 0.000000596. The summed E-state index contributed by atoms with van der Waals surface area (Å²) >= 11 is -0.896. The average molecular weight is 489 g/mol. The minimum absolute atomic E-state index is 0.643. The van der Waals surface area contributed by atoms with Crippen molar-refractivity contribution in [1.29, 1.82) is 0 Å². The van der Waals surface area contributed by atoms with Gasteiger partial charge in [-0.15, -0.1) is 0 Å². The molecule has 0 atom stereocenters. The molecule has 3 aromatic rings. The summed E-state index contributed by atoms with van der Waals surface area (Å²) in [6.07, 6.45) is 1.20. The Morgan fingerprint density at radius 2 is 0.889 bits per heavy atom. The van der Waals surface area contributed by atoms with Gasteiger partial charge in [0.15, 0.2) is 0 Å². The van der Waals surface area contributed by atoms with Crippen molar-refractivity contribution in [1.82, 2.24) is 0 Å². The maximum atomic E-state index is 4.83. The van der Waals surface area contributed by atoms with Crippen molar-refractivity contribution in [2.45, 2.75) is 13.8 Å². The van der Waals surface area contributed by atoms with E-state index in [1.165, 1.54) is 22.1 Å². The molecule has 0 aliphatic heterocycles. The molecule has 0 unspecified atom stereocenters. The fraction of sp³-hybridized carbons (Fsp3) is 0.182. The van der Waals surface area contributed by atoms with Gasteiger partial charge in [-0.05, 0) is 42.3 Å². The van der Waals surface area contributed by atoms with E-state index in [0.29, 0.717) is 5.92 Å². The van der Waals surface area contributed by atoms with Gasteiger partial charge in [0.1, 0.15) is 23.2 Å². The van der Waals surface area contributed by atoms with E-state index in [4.69, 9.17) is 30.3 Å². The SMILES string of the molecule is CC(C)C[P+](c1ccccc1)(c1ccccc1)c1ccccc1.[Cl][Cu-]([Cl])[Cl]. The molecule has 0 amide bonds. The van der Waals surface area contributed by atoms with Gasteiger partial charge in [0, 0.05) is 0 Å². The van der Waals surface area contributed by atoms with Crippen LogP contribution in [0.1, 0.15) is 13.8 Å². The number of halogens is 3. The van der Waals surface area contributed by atoms with E-state index in [9.17, 15) is 0 Å². The van der Waals surface area contributed by atoms with Crippen LogP contribution < -0.4 is 15.9 Å². The third-order valence-corrected chi connectivity index (χ3v) is 9.05. The summed E-state index contributed by atoms with van der Waals surface area (Å²) < 4.78 is 0. The standard InChI is InChI=1S/C22H24P.3ClH.Cu/c1-19(2)18-23(20-12-6-3-7-13-20,21-14-8-4-9-15-21)22-16-10-5-11-17-22;;;;/h3-17,19H,18H2,1-2H3;3*1H;/q+1;;;;+2/p-3. The van der Waals surface area contributed by atoms with Crippen molar-refractivity contribution in [3.05, 3.63) is 91.0 Å². The van der Waals surface area contributed by atoms with E-state index in [2.05, 4.69) is 105 Å². The van der Waals surface area contributed by atoms with E-state index >= 15 is 0 Å². The second-order valence-electron chi connectivity index (χ2n) is 6.52. The molecular formula is C22H24Cl3CuP. The third-order valence-electron chi connectivity index (χ3n) is 4.23. The first-order chi connectivity index (χ1) is 13.0. The molecule has 0 saturated heterocycles. The minimum atomic E-state index is -1.61. The third kappa shape index (κ3) is 6.50. The van der Waals surface area contributed by atoms with Crippen molar-refractivity contribution in [3.8, 4) is 0 Å². The van der Waals surface area contributed by atoms with Gasteiger partial charge in [-0.3, -0.25) is 0 Å². The zero-order valence-corrected chi connectivity index (χ0v) is 19.4. The Bertz CT molecular complexity index is 681. The van der Waals surface area contributed by atoms with E-state index in [1.807, 2.05) is 0 Å². The van der Waals surface area contributed by atoms with Gasteiger partial charge in [0.2, 0.25) is 0 Å². The molecule has 3 rings (SSSR count). The first kappa shape index (κ1) is 22.8. The van der Waals surface area contributed by atoms with Gasteiger partial charge >= 0.3 is 41.5 Å². The Labute approximate surface area is 180 Å². The van der Waals surface area contributed by atoms with Crippen LogP contribution in [0.3, 0.4) is 0 Å². The Hall–Kier alpha value is -0.521. The van der Waals surface area contributed by atoms with Crippen molar-refractivity contribution in [2.24, 2.45) is 5.92 Å². The molecule has 27 heavy (non-hydrogen) atoms.